The molecule has 0 saturated heterocycles. The molecule has 0 atom stereocenters. The predicted octanol–water partition coefficient (Wildman–Crippen LogP) is 1.16. The molecular weight excluding hydrogens is 372 g/mol. The Kier molecular flexibility index (Phi) is 10.5. The van der Waals surface area contributed by atoms with Gasteiger partial charge in [-0.05, 0) is 39.3 Å². The van der Waals surface area contributed by atoms with Crippen molar-refractivity contribution in [2.75, 3.05) is 40.3 Å². The van der Waals surface area contributed by atoms with Gasteiger partial charge < -0.3 is 25.6 Å². The average Bonchev–Trinajstić information content (AvgIpc) is 2.67. The summed E-state index contributed by atoms with van der Waals surface area (Å²) in [4.78, 5) is 33.8. The molecule has 0 fully saturated rings. The van der Waals surface area contributed by atoms with Crippen LogP contribution in [0.1, 0.15) is 32.9 Å². The van der Waals surface area contributed by atoms with E-state index in [9.17, 15) is 9.59 Å². The zero-order valence-electron chi connectivity index (χ0n) is 18.1. The van der Waals surface area contributed by atoms with Crippen LogP contribution in [-0.4, -0.2) is 73.7 Å². The van der Waals surface area contributed by atoms with Crippen molar-refractivity contribution in [3.05, 3.63) is 30.1 Å². The average molecular weight is 407 g/mol. The first-order valence-corrected chi connectivity index (χ1v) is 9.76. The van der Waals surface area contributed by atoms with Gasteiger partial charge >= 0.3 is 6.09 Å². The van der Waals surface area contributed by atoms with Gasteiger partial charge in [0.15, 0.2) is 5.96 Å². The van der Waals surface area contributed by atoms with E-state index in [0.717, 1.165) is 5.69 Å². The number of nitrogens with one attached hydrogen (secondary N) is 3. The summed E-state index contributed by atoms with van der Waals surface area (Å²) >= 11 is 0. The Labute approximate surface area is 173 Å². The molecule has 0 saturated carbocycles. The number of aliphatic imine (C=N–C) groups is 1. The number of nitrogens with zero attached hydrogens (tertiary/aromatic N) is 3. The number of carbonyl (C=O) groups excluding carboxylic acids is 2. The third kappa shape index (κ3) is 11.6. The van der Waals surface area contributed by atoms with E-state index >= 15 is 0 Å². The fraction of sp³-hybridized carbons (Fsp3) is 0.600. The summed E-state index contributed by atoms with van der Waals surface area (Å²) in [6, 6.07) is 5.75. The molecule has 0 spiro atoms. The summed E-state index contributed by atoms with van der Waals surface area (Å²) in [5.74, 6) is 0.504. The zero-order valence-corrected chi connectivity index (χ0v) is 18.1. The maximum atomic E-state index is 12.2. The molecule has 9 nitrogen and oxygen atoms in total. The van der Waals surface area contributed by atoms with Crippen molar-refractivity contribution in [1.29, 1.82) is 0 Å². The van der Waals surface area contributed by atoms with Crippen molar-refractivity contribution < 1.29 is 14.3 Å². The normalized spacial score (nSPS) is 11.6. The summed E-state index contributed by atoms with van der Waals surface area (Å²) in [5.41, 5.74) is 0.448. The molecule has 0 bridgehead atoms. The van der Waals surface area contributed by atoms with Crippen LogP contribution in [0.25, 0.3) is 0 Å². The van der Waals surface area contributed by atoms with E-state index in [2.05, 4.69) is 25.9 Å². The number of amides is 2. The molecule has 0 aromatic carbocycles. The van der Waals surface area contributed by atoms with E-state index in [4.69, 9.17) is 4.74 Å². The lowest BCUT2D eigenvalue weighted by atomic mass is 10.2. The topological polar surface area (TPSA) is 108 Å². The van der Waals surface area contributed by atoms with Crippen LogP contribution < -0.4 is 16.0 Å². The Balaban J connectivity index is 2.19. The minimum absolute atomic E-state index is 0.0320. The third-order valence-corrected chi connectivity index (χ3v) is 3.80. The van der Waals surface area contributed by atoms with Gasteiger partial charge in [0.05, 0.1) is 6.54 Å². The number of likely N-dealkylation sites (N-methyl/N-ethyl adjacent to an activating group) is 1. The molecule has 9 heteroatoms. The molecule has 2 amide bonds. The van der Waals surface area contributed by atoms with Gasteiger partial charge in [-0.15, -0.1) is 0 Å². The van der Waals surface area contributed by atoms with Gasteiger partial charge in [-0.1, -0.05) is 6.07 Å². The number of pyridine rings is 1. The second kappa shape index (κ2) is 12.6. The molecule has 0 aliphatic carbocycles. The van der Waals surface area contributed by atoms with Crippen molar-refractivity contribution in [2.24, 2.45) is 4.99 Å². The number of carbonyl (C=O) groups is 2. The monoisotopic (exact) mass is 406 g/mol. The maximum Gasteiger partial charge on any atom is 0.407 e. The lowest BCUT2D eigenvalue weighted by Crippen LogP contribution is -2.44. The second-order valence-corrected chi connectivity index (χ2v) is 7.52. The van der Waals surface area contributed by atoms with E-state index in [-0.39, 0.29) is 12.5 Å². The van der Waals surface area contributed by atoms with Gasteiger partial charge in [-0.25, -0.2) is 4.79 Å². The summed E-state index contributed by atoms with van der Waals surface area (Å²) in [6.07, 6.45) is 2.72. The molecule has 0 aliphatic heterocycles. The van der Waals surface area contributed by atoms with E-state index < -0.39 is 11.7 Å². The van der Waals surface area contributed by atoms with Gasteiger partial charge in [0.1, 0.15) is 5.60 Å². The molecule has 1 heterocycles. The highest BCUT2D eigenvalue weighted by atomic mass is 16.6. The van der Waals surface area contributed by atoms with Gasteiger partial charge in [0, 0.05) is 52.0 Å². The van der Waals surface area contributed by atoms with Crippen LogP contribution in [0.4, 0.5) is 4.79 Å². The van der Waals surface area contributed by atoms with Gasteiger partial charge in [0.25, 0.3) is 0 Å². The number of guanidine groups is 1. The van der Waals surface area contributed by atoms with Crippen LogP contribution in [-0.2, 0) is 16.0 Å². The molecule has 1 aromatic rings. The first-order chi connectivity index (χ1) is 13.7. The number of aromatic nitrogens is 1. The smallest absolute Gasteiger partial charge is 0.407 e. The largest absolute Gasteiger partial charge is 0.444 e. The van der Waals surface area contributed by atoms with Crippen LogP contribution in [0.3, 0.4) is 0 Å². The number of alkyl carbamates (subject to hydrolysis) is 1. The third-order valence-electron chi connectivity index (χ3n) is 3.80. The first-order valence-electron chi connectivity index (χ1n) is 9.76. The van der Waals surface area contributed by atoms with Gasteiger partial charge in [-0.2, -0.15) is 0 Å². The zero-order chi connectivity index (χ0) is 21.7. The molecule has 0 unspecified atom stereocenters. The Morgan fingerprint density at radius 2 is 1.90 bits per heavy atom. The lowest BCUT2D eigenvalue weighted by Gasteiger charge is -2.20. The quantitative estimate of drug-likeness (QED) is 0.323. The highest BCUT2D eigenvalue weighted by Gasteiger charge is 2.15. The summed E-state index contributed by atoms with van der Waals surface area (Å²) in [7, 11) is 3.41. The molecule has 0 aliphatic rings. The molecule has 0 radical (unpaired) electrons. The van der Waals surface area contributed by atoms with Crippen molar-refractivity contribution in [3.63, 3.8) is 0 Å². The molecule has 29 heavy (non-hydrogen) atoms. The van der Waals surface area contributed by atoms with Crippen molar-refractivity contribution in [2.45, 2.75) is 39.2 Å². The fourth-order valence-electron chi connectivity index (χ4n) is 2.27. The Bertz CT molecular complexity index is 658. The fourth-order valence-corrected chi connectivity index (χ4v) is 2.27. The minimum Gasteiger partial charge on any atom is -0.444 e. The molecule has 3 N–H and O–H groups in total. The van der Waals surface area contributed by atoms with Crippen LogP contribution in [0.5, 0.6) is 0 Å². The minimum atomic E-state index is -0.508. The van der Waals surface area contributed by atoms with Crippen LogP contribution in [0, 0.1) is 0 Å². The molecule has 162 valence electrons. The lowest BCUT2D eigenvalue weighted by molar-refractivity contribution is -0.128. The first kappa shape index (κ1) is 24.2. The van der Waals surface area contributed by atoms with E-state index in [0.29, 0.717) is 38.4 Å². The summed E-state index contributed by atoms with van der Waals surface area (Å²) in [5, 5.41) is 8.80. The van der Waals surface area contributed by atoms with Crippen LogP contribution in [0.15, 0.2) is 29.4 Å². The SMILES string of the molecule is CN=C(NCCCNC(=O)OC(C)(C)C)NCC(=O)N(C)CCc1ccccn1. The summed E-state index contributed by atoms with van der Waals surface area (Å²) in [6.45, 7) is 7.28. The summed E-state index contributed by atoms with van der Waals surface area (Å²) < 4.78 is 5.17. The number of rotatable bonds is 9. The highest BCUT2D eigenvalue weighted by molar-refractivity contribution is 5.86. The second-order valence-electron chi connectivity index (χ2n) is 7.52. The molecular formula is C20H34N6O3. The Hall–Kier alpha value is -2.84. The van der Waals surface area contributed by atoms with Crippen molar-refractivity contribution >= 4 is 18.0 Å². The van der Waals surface area contributed by atoms with Gasteiger partial charge in [0.2, 0.25) is 5.91 Å². The standard InChI is InChI=1S/C20H34N6O3/c1-20(2,3)29-19(28)24-13-8-12-23-18(21-4)25-15-17(27)26(5)14-10-16-9-6-7-11-22-16/h6-7,9,11H,8,10,12-15H2,1-5H3,(H,24,28)(H2,21,23,25). The van der Waals surface area contributed by atoms with E-state index in [1.165, 1.54) is 0 Å². The molecule has 1 aromatic heterocycles. The van der Waals surface area contributed by atoms with Crippen LogP contribution in [0.2, 0.25) is 0 Å². The van der Waals surface area contributed by atoms with Crippen molar-refractivity contribution in [1.82, 2.24) is 25.8 Å². The number of hydrogen-bond donors (Lipinski definition) is 3. The predicted molar refractivity (Wildman–Crippen MR) is 114 cm³/mol. The Morgan fingerprint density at radius 3 is 2.52 bits per heavy atom. The maximum absolute atomic E-state index is 12.2. The van der Waals surface area contributed by atoms with Crippen molar-refractivity contribution in [3.8, 4) is 0 Å². The number of hydrogen-bond acceptors (Lipinski definition) is 5. The Morgan fingerprint density at radius 1 is 1.17 bits per heavy atom. The van der Waals surface area contributed by atoms with E-state index in [1.54, 1.807) is 25.2 Å². The molecule has 1 rings (SSSR count). The van der Waals surface area contributed by atoms with Crippen LogP contribution >= 0.6 is 0 Å². The van der Waals surface area contributed by atoms with Gasteiger partial charge in [-0.3, -0.25) is 14.8 Å². The number of ether oxygens (including phenoxy) is 1. The highest BCUT2D eigenvalue weighted by Crippen LogP contribution is 2.06. The van der Waals surface area contributed by atoms with E-state index in [1.807, 2.05) is 39.0 Å².